The number of rotatable bonds is 5. The standard InChI is InChI=1S/C15H14Cl2N4OS/c1-9-6-10(2)20-15(19-9)23-8-14(22)21-18-7-11-12(16)4-3-5-13(11)17/h3-7H,8H2,1-2H3,(H,21,22). The lowest BCUT2D eigenvalue weighted by atomic mass is 10.2. The van der Waals surface area contributed by atoms with Crippen LogP contribution in [0.3, 0.4) is 0 Å². The van der Waals surface area contributed by atoms with Crippen LogP contribution in [0.1, 0.15) is 17.0 Å². The van der Waals surface area contributed by atoms with Gasteiger partial charge in [0.2, 0.25) is 0 Å². The van der Waals surface area contributed by atoms with Gasteiger partial charge in [0.1, 0.15) is 0 Å². The lowest BCUT2D eigenvalue weighted by molar-refractivity contribution is -0.118. The molecule has 0 spiro atoms. The molecule has 0 aliphatic heterocycles. The van der Waals surface area contributed by atoms with E-state index in [0.29, 0.717) is 20.8 Å². The molecule has 0 atom stereocenters. The third kappa shape index (κ3) is 5.49. The Morgan fingerprint density at radius 2 is 1.87 bits per heavy atom. The molecule has 0 aliphatic rings. The van der Waals surface area contributed by atoms with E-state index < -0.39 is 0 Å². The monoisotopic (exact) mass is 368 g/mol. The lowest BCUT2D eigenvalue weighted by Crippen LogP contribution is -2.19. The third-order valence-corrected chi connectivity index (χ3v) is 4.18. The SMILES string of the molecule is Cc1cc(C)nc(SCC(=O)NN=Cc2c(Cl)cccc2Cl)n1. The average Bonchev–Trinajstić information content (AvgIpc) is 2.47. The van der Waals surface area contributed by atoms with Gasteiger partial charge in [0.15, 0.2) is 5.16 Å². The van der Waals surface area contributed by atoms with Gasteiger partial charge in [0.25, 0.3) is 5.91 Å². The third-order valence-electron chi connectivity index (χ3n) is 2.68. The summed E-state index contributed by atoms with van der Waals surface area (Å²) in [7, 11) is 0. The molecule has 0 radical (unpaired) electrons. The summed E-state index contributed by atoms with van der Waals surface area (Å²) in [5, 5.41) is 5.36. The molecule has 1 aromatic heterocycles. The van der Waals surface area contributed by atoms with Gasteiger partial charge in [-0.1, -0.05) is 41.0 Å². The molecule has 0 saturated carbocycles. The van der Waals surface area contributed by atoms with Crippen molar-refractivity contribution < 1.29 is 4.79 Å². The first-order chi connectivity index (χ1) is 11.0. The Balaban J connectivity index is 1.89. The Hall–Kier alpha value is -1.63. The van der Waals surface area contributed by atoms with Crippen LogP contribution in [0.5, 0.6) is 0 Å². The Morgan fingerprint density at radius 1 is 1.26 bits per heavy atom. The summed E-state index contributed by atoms with van der Waals surface area (Å²) in [5.41, 5.74) is 4.71. The van der Waals surface area contributed by atoms with Crippen LogP contribution in [0.4, 0.5) is 0 Å². The highest BCUT2D eigenvalue weighted by Gasteiger charge is 2.06. The summed E-state index contributed by atoms with van der Waals surface area (Å²) in [4.78, 5) is 20.3. The van der Waals surface area contributed by atoms with Crippen molar-refractivity contribution >= 4 is 47.1 Å². The number of hydrogen-bond acceptors (Lipinski definition) is 5. The molecule has 2 rings (SSSR count). The summed E-state index contributed by atoms with van der Waals surface area (Å²) in [6, 6.07) is 7.01. The second kappa shape index (κ2) is 8.29. The van der Waals surface area contributed by atoms with Crippen LogP contribution in [0.25, 0.3) is 0 Å². The van der Waals surface area contributed by atoms with Crippen LogP contribution in [-0.4, -0.2) is 27.8 Å². The highest BCUT2D eigenvalue weighted by Crippen LogP contribution is 2.22. The largest absolute Gasteiger partial charge is 0.272 e. The van der Waals surface area contributed by atoms with Gasteiger partial charge in [0.05, 0.1) is 22.0 Å². The van der Waals surface area contributed by atoms with Gasteiger partial charge in [-0.25, -0.2) is 15.4 Å². The first kappa shape index (κ1) is 17.7. The summed E-state index contributed by atoms with van der Waals surface area (Å²) in [6.45, 7) is 3.77. The maximum Gasteiger partial charge on any atom is 0.250 e. The van der Waals surface area contributed by atoms with Crippen LogP contribution in [0.2, 0.25) is 10.0 Å². The normalized spacial score (nSPS) is 11.0. The fourth-order valence-corrected chi connectivity index (χ4v) is 2.96. The molecule has 0 unspecified atom stereocenters. The van der Waals surface area contributed by atoms with Gasteiger partial charge < -0.3 is 0 Å². The van der Waals surface area contributed by atoms with Gasteiger partial charge in [-0.2, -0.15) is 5.10 Å². The Labute approximate surface area is 148 Å². The van der Waals surface area contributed by atoms with Crippen LogP contribution in [-0.2, 0) is 4.79 Å². The lowest BCUT2D eigenvalue weighted by Gasteiger charge is -2.03. The zero-order valence-corrected chi connectivity index (χ0v) is 14.8. The van der Waals surface area contributed by atoms with Crippen LogP contribution < -0.4 is 5.43 Å². The van der Waals surface area contributed by atoms with E-state index in [1.165, 1.54) is 18.0 Å². The molecule has 23 heavy (non-hydrogen) atoms. The molecule has 8 heteroatoms. The van der Waals surface area contributed by atoms with Crippen molar-refractivity contribution in [3.63, 3.8) is 0 Å². The quantitative estimate of drug-likeness (QED) is 0.378. The van der Waals surface area contributed by atoms with Crippen molar-refractivity contribution in [1.29, 1.82) is 0 Å². The molecule has 1 aromatic carbocycles. The van der Waals surface area contributed by atoms with E-state index in [0.717, 1.165) is 11.4 Å². The van der Waals surface area contributed by atoms with Gasteiger partial charge in [-0.15, -0.1) is 0 Å². The number of halogens is 2. The summed E-state index contributed by atoms with van der Waals surface area (Å²) in [6.07, 6.45) is 1.42. The number of aryl methyl sites for hydroxylation is 2. The second-order valence-corrected chi connectivity index (χ2v) is 6.41. The minimum absolute atomic E-state index is 0.163. The van der Waals surface area contributed by atoms with Crippen molar-refractivity contribution in [2.75, 3.05) is 5.75 Å². The highest BCUT2D eigenvalue weighted by atomic mass is 35.5. The number of carbonyl (C=O) groups excluding carboxylic acids is 1. The summed E-state index contributed by atoms with van der Waals surface area (Å²) < 4.78 is 0. The van der Waals surface area contributed by atoms with Crippen molar-refractivity contribution in [2.24, 2.45) is 5.10 Å². The number of hydrogen-bond donors (Lipinski definition) is 1. The van der Waals surface area contributed by atoms with Gasteiger partial charge in [-0.3, -0.25) is 4.79 Å². The molecular weight excluding hydrogens is 355 g/mol. The van der Waals surface area contributed by atoms with E-state index in [2.05, 4.69) is 20.5 Å². The Bertz CT molecular complexity index is 712. The molecule has 0 fully saturated rings. The molecule has 0 aliphatic carbocycles. The highest BCUT2D eigenvalue weighted by molar-refractivity contribution is 7.99. The molecule has 1 heterocycles. The van der Waals surface area contributed by atoms with E-state index in [1.807, 2.05) is 19.9 Å². The molecule has 5 nitrogen and oxygen atoms in total. The minimum atomic E-state index is -0.266. The van der Waals surface area contributed by atoms with Crippen LogP contribution in [0, 0.1) is 13.8 Å². The number of aromatic nitrogens is 2. The van der Waals surface area contributed by atoms with Crippen molar-refractivity contribution in [3.05, 3.63) is 51.3 Å². The smallest absolute Gasteiger partial charge is 0.250 e. The first-order valence-corrected chi connectivity index (χ1v) is 8.41. The fraction of sp³-hybridized carbons (Fsp3) is 0.200. The topological polar surface area (TPSA) is 67.2 Å². The Morgan fingerprint density at radius 3 is 2.48 bits per heavy atom. The van der Waals surface area contributed by atoms with E-state index in [-0.39, 0.29) is 11.7 Å². The summed E-state index contributed by atoms with van der Waals surface area (Å²) >= 11 is 13.3. The molecule has 0 bridgehead atoms. The maximum atomic E-state index is 11.8. The predicted octanol–water partition coefficient (Wildman–Crippen LogP) is 3.64. The van der Waals surface area contributed by atoms with Crippen molar-refractivity contribution in [1.82, 2.24) is 15.4 Å². The van der Waals surface area contributed by atoms with E-state index >= 15 is 0 Å². The molecule has 1 N–H and O–H groups in total. The van der Waals surface area contributed by atoms with E-state index in [1.54, 1.807) is 18.2 Å². The van der Waals surface area contributed by atoms with Crippen LogP contribution in [0.15, 0.2) is 34.5 Å². The number of thioether (sulfide) groups is 1. The number of carbonyl (C=O) groups is 1. The number of hydrazone groups is 1. The molecular formula is C15H14Cl2N4OS. The predicted molar refractivity (Wildman–Crippen MR) is 94.4 cm³/mol. The molecule has 120 valence electrons. The molecule has 1 amide bonds. The van der Waals surface area contributed by atoms with Crippen molar-refractivity contribution in [2.45, 2.75) is 19.0 Å². The first-order valence-electron chi connectivity index (χ1n) is 6.66. The van der Waals surface area contributed by atoms with Gasteiger partial charge in [-0.05, 0) is 32.0 Å². The number of nitrogens with one attached hydrogen (secondary N) is 1. The fourth-order valence-electron chi connectivity index (χ4n) is 1.72. The van der Waals surface area contributed by atoms with Crippen molar-refractivity contribution in [3.8, 4) is 0 Å². The van der Waals surface area contributed by atoms with Crippen LogP contribution >= 0.6 is 35.0 Å². The number of nitrogens with zero attached hydrogens (tertiary/aromatic N) is 3. The minimum Gasteiger partial charge on any atom is -0.272 e. The zero-order chi connectivity index (χ0) is 16.8. The van der Waals surface area contributed by atoms with E-state index in [9.17, 15) is 4.79 Å². The molecule has 2 aromatic rings. The van der Waals surface area contributed by atoms with Gasteiger partial charge >= 0.3 is 0 Å². The zero-order valence-electron chi connectivity index (χ0n) is 12.5. The second-order valence-electron chi connectivity index (χ2n) is 4.65. The number of amides is 1. The Kier molecular flexibility index (Phi) is 6.38. The number of benzene rings is 1. The van der Waals surface area contributed by atoms with Gasteiger partial charge in [0, 0.05) is 17.0 Å². The maximum absolute atomic E-state index is 11.8. The average molecular weight is 369 g/mol. The molecule has 0 saturated heterocycles. The summed E-state index contributed by atoms with van der Waals surface area (Å²) in [5.74, 6) is -0.103. The van der Waals surface area contributed by atoms with E-state index in [4.69, 9.17) is 23.2 Å².